The Morgan fingerprint density at radius 3 is 2.58 bits per heavy atom. The molecule has 1 aliphatic heterocycles. The standard InChI is InChI=1S/C21H22O3/c1-14-4-6-15(7-5-14)8-10-18(22)16-9-11-19-17(20(16)23)12-13-21(2,3)24-19/h4-11,23H,12-13H2,1-3H3/b10-8+. The van der Waals surface area contributed by atoms with Crippen molar-refractivity contribution in [1.82, 2.24) is 0 Å². The van der Waals surface area contributed by atoms with E-state index in [1.54, 1.807) is 18.2 Å². The molecule has 0 spiro atoms. The summed E-state index contributed by atoms with van der Waals surface area (Å²) in [6.45, 7) is 6.07. The lowest BCUT2D eigenvalue weighted by atomic mass is 9.91. The molecule has 0 amide bonds. The number of hydrogen-bond acceptors (Lipinski definition) is 3. The van der Waals surface area contributed by atoms with Gasteiger partial charge in [0.1, 0.15) is 17.1 Å². The number of carbonyl (C=O) groups excluding carboxylic acids is 1. The Morgan fingerprint density at radius 1 is 1.17 bits per heavy atom. The van der Waals surface area contributed by atoms with Crippen LogP contribution in [0.2, 0.25) is 0 Å². The number of aryl methyl sites for hydroxylation is 1. The number of ether oxygens (including phenoxy) is 1. The fourth-order valence-corrected chi connectivity index (χ4v) is 2.87. The minimum atomic E-state index is -0.240. The van der Waals surface area contributed by atoms with Crippen molar-refractivity contribution in [2.75, 3.05) is 0 Å². The molecule has 0 bridgehead atoms. The third kappa shape index (κ3) is 3.35. The van der Waals surface area contributed by atoms with Crippen molar-refractivity contribution in [1.29, 1.82) is 0 Å². The highest BCUT2D eigenvalue weighted by molar-refractivity contribution is 6.09. The zero-order valence-corrected chi connectivity index (χ0v) is 14.3. The summed E-state index contributed by atoms with van der Waals surface area (Å²) in [5, 5.41) is 10.5. The molecule has 3 heteroatoms. The van der Waals surface area contributed by atoms with Gasteiger partial charge < -0.3 is 9.84 Å². The Kier molecular flexibility index (Phi) is 4.18. The van der Waals surface area contributed by atoms with E-state index in [-0.39, 0.29) is 17.1 Å². The first kappa shape index (κ1) is 16.3. The van der Waals surface area contributed by atoms with Gasteiger partial charge in [-0.15, -0.1) is 0 Å². The van der Waals surface area contributed by atoms with Gasteiger partial charge >= 0.3 is 0 Å². The zero-order valence-electron chi connectivity index (χ0n) is 14.3. The van der Waals surface area contributed by atoms with Crippen molar-refractivity contribution < 1.29 is 14.6 Å². The van der Waals surface area contributed by atoms with Gasteiger partial charge in [-0.25, -0.2) is 0 Å². The quantitative estimate of drug-likeness (QED) is 0.658. The fraction of sp³-hybridized carbons (Fsp3) is 0.286. The number of phenolic OH excluding ortho intramolecular Hbond substituents is 1. The van der Waals surface area contributed by atoms with Crippen molar-refractivity contribution >= 4 is 11.9 Å². The van der Waals surface area contributed by atoms with E-state index in [1.165, 1.54) is 11.6 Å². The first-order valence-corrected chi connectivity index (χ1v) is 8.19. The molecular formula is C21H22O3. The summed E-state index contributed by atoms with van der Waals surface area (Å²) in [5.74, 6) is 0.505. The van der Waals surface area contributed by atoms with Gasteiger partial charge in [0.2, 0.25) is 0 Å². The summed E-state index contributed by atoms with van der Waals surface area (Å²) in [4.78, 5) is 12.4. The molecule has 2 aromatic carbocycles. The number of benzene rings is 2. The lowest BCUT2D eigenvalue weighted by molar-refractivity contribution is 0.0836. The van der Waals surface area contributed by atoms with Crippen LogP contribution in [-0.2, 0) is 6.42 Å². The van der Waals surface area contributed by atoms with E-state index in [0.717, 1.165) is 17.5 Å². The van der Waals surface area contributed by atoms with Crippen LogP contribution in [0.25, 0.3) is 6.08 Å². The molecule has 1 heterocycles. The molecule has 2 aromatic rings. The van der Waals surface area contributed by atoms with E-state index >= 15 is 0 Å². The van der Waals surface area contributed by atoms with Crippen molar-refractivity contribution in [3.63, 3.8) is 0 Å². The number of ketones is 1. The number of rotatable bonds is 3. The van der Waals surface area contributed by atoms with E-state index in [9.17, 15) is 9.90 Å². The average Bonchev–Trinajstić information content (AvgIpc) is 2.53. The SMILES string of the molecule is Cc1ccc(/C=C/C(=O)c2ccc3c(c2O)CCC(C)(C)O3)cc1. The van der Waals surface area contributed by atoms with Gasteiger partial charge in [0.25, 0.3) is 0 Å². The molecule has 0 saturated heterocycles. The number of allylic oxidation sites excluding steroid dienone is 1. The van der Waals surface area contributed by atoms with Crippen molar-refractivity contribution in [2.45, 2.75) is 39.2 Å². The number of hydrogen-bond donors (Lipinski definition) is 1. The molecule has 1 aliphatic rings. The third-order valence-corrected chi connectivity index (χ3v) is 4.37. The van der Waals surface area contributed by atoms with Gasteiger partial charge in [-0.2, -0.15) is 0 Å². The largest absolute Gasteiger partial charge is 0.507 e. The molecule has 0 aromatic heterocycles. The van der Waals surface area contributed by atoms with E-state index in [2.05, 4.69) is 0 Å². The van der Waals surface area contributed by atoms with Crippen LogP contribution in [0.3, 0.4) is 0 Å². The summed E-state index contributed by atoms with van der Waals surface area (Å²) in [7, 11) is 0. The fourth-order valence-electron chi connectivity index (χ4n) is 2.87. The molecule has 124 valence electrons. The van der Waals surface area contributed by atoms with Crippen LogP contribution in [0.15, 0.2) is 42.5 Å². The number of carbonyl (C=O) groups is 1. The second-order valence-electron chi connectivity index (χ2n) is 6.91. The minimum absolute atomic E-state index is 0.0431. The molecule has 0 atom stereocenters. The van der Waals surface area contributed by atoms with E-state index in [0.29, 0.717) is 17.7 Å². The van der Waals surface area contributed by atoms with Gasteiger partial charge in [-0.3, -0.25) is 4.79 Å². The van der Waals surface area contributed by atoms with Crippen LogP contribution in [-0.4, -0.2) is 16.5 Å². The van der Waals surface area contributed by atoms with E-state index in [4.69, 9.17) is 4.74 Å². The second kappa shape index (κ2) is 6.16. The maximum absolute atomic E-state index is 12.4. The first-order valence-electron chi connectivity index (χ1n) is 8.19. The van der Waals surface area contributed by atoms with E-state index < -0.39 is 0 Å². The summed E-state index contributed by atoms with van der Waals surface area (Å²) in [6, 6.07) is 11.3. The molecule has 3 nitrogen and oxygen atoms in total. The predicted molar refractivity (Wildman–Crippen MR) is 95.7 cm³/mol. The van der Waals surface area contributed by atoms with Crippen molar-refractivity contribution in [2.24, 2.45) is 0 Å². The third-order valence-electron chi connectivity index (χ3n) is 4.37. The molecule has 0 fully saturated rings. The summed E-state index contributed by atoms with van der Waals surface area (Å²) < 4.78 is 5.89. The Bertz CT molecular complexity index is 799. The minimum Gasteiger partial charge on any atom is -0.507 e. The Balaban J connectivity index is 1.85. The van der Waals surface area contributed by atoms with Crippen LogP contribution >= 0.6 is 0 Å². The molecule has 24 heavy (non-hydrogen) atoms. The Labute approximate surface area is 142 Å². The van der Waals surface area contributed by atoms with Crippen LogP contribution < -0.4 is 4.74 Å². The highest BCUT2D eigenvalue weighted by Gasteiger charge is 2.29. The van der Waals surface area contributed by atoms with Crippen molar-refractivity contribution in [3.8, 4) is 11.5 Å². The highest BCUT2D eigenvalue weighted by Crippen LogP contribution is 2.39. The van der Waals surface area contributed by atoms with Gasteiger partial charge in [-0.1, -0.05) is 35.9 Å². The average molecular weight is 322 g/mol. The van der Waals surface area contributed by atoms with Crippen molar-refractivity contribution in [3.05, 3.63) is 64.7 Å². The second-order valence-corrected chi connectivity index (χ2v) is 6.91. The summed E-state index contributed by atoms with van der Waals surface area (Å²) in [6.07, 6.45) is 4.78. The first-order chi connectivity index (χ1) is 11.4. The molecular weight excluding hydrogens is 300 g/mol. The molecule has 1 N–H and O–H groups in total. The smallest absolute Gasteiger partial charge is 0.189 e. The number of aromatic hydroxyl groups is 1. The molecule has 0 unspecified atom stereocenters. The van der Waals surface area contributed by atoms with E-state index in [1.807, 2.05) is 45.0 Å². The maximum Gasteiger partial charge on any atom is 0.189 e. The van der Waals surface area contributed by atoms with Crippen LogP contribution in [0.4, 0.5) is 0 Å². The Morgan fingerprint density at radius 2 is 1.88 bits per heavy atom. The predicted octanol–water partition coefficient (Wildman–Crippen LogP) is 4.70. The number of fused-ring (bicyclic) bond motifs is 1. The highest BCUT2D eigenvalue weighted by atomic mass is 16.5. The number of phenols is 1. The van der Waals surface area contributed by atoms with Crippen LogP contribution in [0.1, 0.15) is 47.3 Å². The molecule has 0 aliphatic carbocycles. The molecule has 0 saturated carbocycles. The zero-order chi connectivity index (χ0) is 17.3. The normalized spacial score (nSPS) is 15.8. The van der Waals surface area contributed by atoms with Crippen LogP contribution in [0, 0.1) is 6.92 Å². The molecule has 3 rings (SSSR count). The summed E-state index contributed by atoms with van der Waals surface area (Å²) in [5.41, 5.74) is 2.94. The van der Waals surface area contributed by atoms with Gasteiger partial charge in [-0.05, 0) is 57.4 Å². The van der Waals surface area contributed by atoms with Gasteiger partial charge in [0, 0.05) is 5.56 Å². The topological polar surface area (TPSA) is 46.5 Å². The monoisotopic (exact) mass is 322 g/mol. The van der Waals surface area contributed by atoms with Gasteiger partial charge in [0.15, 0.2) is 5.78 Å². The maximum atomic E-state index is 12.4. The lowest BCUT2D eigenvalue weighted by Gasteiger charge is -2.33. The Hall–Kier alpha value is -2.55. The molecule has 0 radical (unpaired) electrons. The van der Waals surface area contributed by atoms with Crippen LogP contribution in [0.5, 0.6) is 11.5 Å². The summed E-state index contributed by atoms with van der Waals surface area (Å²) >= 11 is 0. The lowest BCUT2D eigenvalue weighted by Crippen LogP contribution is -2.32. The van der Waals surface area contributed by atoms with Gasteiger partial charge in [0.05, 0.1) is 5.56 Å².